The number of allylic oxidation sites excluding steroid dienone is 2. The van der Waals surface area contributed by atoms with Gasteiger partial charge in [0.05, 0.1) is 17.0 Å². The van der Waals surface area contributed by atoms with Gasteiger partial charge in [0.2, 0.25) is 10.0 Å². The maximum absolute atomic E-state index is 13.6. The third kappa shape index (κ3) is 4.09. The Morgan fingerprint density at radius 2 is 2.07 bits per heavy atom. The molecule has 153 valence electrons. The van der Waals surface area contributed by atoms with E-state index in [2.05, 4.69) is 5.92 Å². The second-order valence-electron chi connectivity index (χ2n) is 7.76. The van der Waals surface area contributed by atoms with Crippen LogP contribution in [0.3, 0.4) is 0 Å². The zero-order chi connectivity index (χ0) is 21.3. The van der Waals surface area contributed by atoms with Crippen molar-refractivity contribution in [1.82, 2.24) is 4.31 Å². The standard InChI is InChI=1S/C23H26NO4S/c1-5-15(2)13-21(26)18-10-9-16(3)22(14-18)29(27,28)24-12-11-20(25)19-8-6-7-17(4)23(19)24/h1,6-10,14-15,21,23,26H,11-13H2,2-4H3. The predicted octanol–water partition coefficient (Wildman–Crippen LogP) is 3.11. The summed E-state index contributed by atoms with van der Waals surface area (Å²) >= 11 is 0. The molecule has 29 heavy (non-hydrogen) atoms. The second-order valence-corrected chi connectivity index (χ2v) is 9.62. The number of fused-ring (bicyclic) bond motifs is 1. The Kier molecular flexibility index (Phi) is 6.13. The first kappa shape index (κ1) is 21.5. The number of nitrogens with zero attached hydrogens (tertiary/aromatic N) is 1. The van der Waals surface area contributed by atoms with Crippen LogP contribution >= 0.6 is 0 Å². The number of hydrogen-bond acceptors (Lipinski definition) is 4. The molecule has 1 aliphatic carbocycles. The Balaban J connectivity index is 2.00. The highest BCUT2D eigenvalue weighted by Crippen LogP contribution is 2.36. The number of hydrogen-bond donors (Lipinski definition) is 1. The fourth-order valence-corrected chi connectivity index (χ4v) is 5.77. The van der Waals surface area contributed by atoms with Gasteiger partial charge < -0.3 is 5.11 Å². The summed E-state index contributed by atoms with van der Waals surface area (Å²) in [5.41, 5.74) is 1.62. The van der Waals surface area contributed by atoms with Gasteiger partial charge in [-0.25, -0.2) is 8.42 Å². The Labute approximate surface area is 173 Å². The number of piperidine rings is 1. The molecule has 3 rings (SSSR count). The van der Waals surface area contributed by atoms with E-state index in [0.29, 0.717) is 23.1 Å². The summed E-state index contributed by atoms with van der Waals surface area (Å²) in [7, 11) is -3.88. The smallest absolute Gasteiger partial charge is 0.243 e. The fraction of sp³-hybridized carbons (Fsp3) is 0.391. The van der Waals surface area contributed by atoms with Gasteiger partial charge in [0.25, 0.3) is 0 Å². The van der Waals surface area contributed by atoms with Crippen LogP contribution in [0.4, 0.5) is 0 Å². The Hall–Kier alpha value is -2.20. The Bertz CT molecular complexity index is 1020. The normalized spacial score (nSPS) is 22.5. The number of benzene rings is 1. The van der Waals surface area contributed by atoms with Crippen molar-refractivity contribution >= 4 is 15.8 Å². The van der Waals surface area contributed by atoms with E-state index in [1.807, 2.05) is 19.9 Å². The fourth-order valence-electron chi connectivity index (χ4n) is 3.87. The van der Waals surface area contributed by atoms with Gasteiger partial charge in [-0.05, 0) is 30.5 Å². The van der Waals surface area contributed by atoms with E-state index < -0.39 is 22.2 Å². The number of ketones is 1. The van der Waals surface area contributed by atoms with E-state index in [0.717, 1.165) is 5.92 Å². The summed E-state index contributed by atoms with van der Waals surface area (Å²) in [6.45, 7) is 5.54. The number of carbonyl (C=O) groups excluding carboxylic acids is 1. The van der Waals surface area contributed by atoms with Crippen molar-refractivity contribution in [2.75, 3.05) is 6.54 Å². The molecule has 3 atom stereocenters. The van der Waals surface area contributed by atoms with Gasteiger partial charge in [-0.2, -0.15) is 4.31 Å². The first-order valence-corrected chi connectivity index (χ1v) is 11.1. The van der Waals surface area contributed by atoms with E-state index in [9.17, 15) is 18.3 Å². The highest BCUT2D eigenvalue weighted by molar-refractivity contribution is 7.89. The van der Waals surface area contributed by atoms with Crippen molar-refractivity contribution in [3.05, 3.63) is 59.0 Å². The molecule has 1 N–H and O–H groups in total. The van der Waals surface area contributed by atoms with Gasteiger partial charge >= 0.3 is 0 Å². The van der Waals surface area contributed by atoms with Crippen LogP contribution in [-0.4, -0.2) is 36.2 Å². The quantitative estimate of drug-likeness (QED) is 0.754. The van der Waals surface area contributed by atoms with Crippen molar-refractivity contribution in [2.45, 2.75) is 50.7 Å². The SMILES string of the molecule is C#CC(C)CC(O)c1ccc(C)c(S(=O)(=O)N2CCC(=O)C3=CC=C[C](C)C32)c1. The van der Waals surface area contributed by atoms with E-state index >= 15 is 0 Å². The third-order valence-corrected chi connectivity index (χ3v) is 7.58. The first-order chi connectivity index (χ1) is 13.7. The van der Waals surface area contributed by atoms with Crippen LogP contribution in [0.25, 0.3) is 0 Å². The lowest BCUT2D eigenvalue weighted by Gasteiger charge is -2.39. The van der Waals surface area contributed by atoms with Gasteiger partial charge in [-0.15, -0.1) is 12.3 Å². The molecule has 1 heterocycles. The van der Waals surface area contributed by atoms with Gasteiger partial charge in [-0.3, -0.25) is 4.79 Å². The number of Topliss-reactive ketones (excluding diaryl/α,β-unsaturated/α-hetero) is 1. The zero-order valence-corrected chi connectivity index (χ0v) is 17.7. The first-order valence-electron chi connectivity index (χ1n) is 9.68. The molecule has 6 heteroatoms. The average molecular weight is 413 g/mol. The summed E-state index contributed by atoms with van der Waals surface area (Å²) < 4.78 is 28.6. The number of sulfonamides is 1. The molecule has 1 fully saturated rings. The summed E-state index contributed by atoms with van der Waals surface area (Å²) in [4.78, 5) is 12.5. The average Bonchev–Trinajstić information content (AvgIpc) is 2.68. The minimum absolute atomic E-state index is 0.0192. The number of aliphatic hydroxyl groups excluding tert-OH is 1. The van der Waals surface area contributed by atoms with Crippen LogP contribution in [0.15, 0.2) is 46.9 Å². The highest BCUT2D eigenvalue weighted by atomic mass is 32.2. The topological polar surface area (TPSA) is 74.7 Å². The molecule has 2 aliphatic rings. The lowest BCUT2D eigenvalue weighted by atomic mass is 9.84. The predicted molar refractivity (Wildman–Crippen MR) is 112 cm³/mol. The number of aryl methyl sites for hydroxylation is 1. The summed E-state index contributed by atoms with van der Waals surface area (Å²) in [6, 6.07) is 4.39. The third-order valence-electron chi connectivity index (χ3n) is 5.57. The molecule has 0 saturated carbocycles. The largest absolute Gasteiger partial charge is 0.388 e. The van der Waals surface area contributed by atoms with Crippen LogP contribution in [0.1, 0.15) is 43.9 Å². The summed E-state index contributed by atoms with van der Waals surface area (Å²) in [6.07, 6.45) is 10.4. The summed E-state index contributed by atoms with van der Waals surface area (Å²) in [5, 5.41) is 10.5. The van der Waals surface area contributed by atoms with E-state index in [1.165, 1.54) is 10.4 Å². The van der Waals surface area contributed by atoms with Gasteiger partial charge in [0.1, 0.15) is 0 Å². The molecule has 3 unspecified atom stereocenters. The molecular formula is C23H26NO4S. The molecule has 1 aromatic rings. The van der Waals surface area contributed by atoms with Crippen LogP contribution in [0.5, 0.6) is 0 Å². The van der Waals surface area contributed by atoms with Crippen LogP contribution in [-0.2, 0) is 14.8 Å². The Morgan fingerprint density at radius 3 is 2.76 bits per heavy atom. The molecule has 0 bridgehead atoms. The van der Waals surface area contributed by atoms with Crippen LogP contribution in [0, 0.1) is 31.1 Å². The van der Waals surface area contributed by atoms with Crippen LogP contribution < -0.4 is 0 Å². The van der Waals surface area contributed by atoms with Crippen molar-refractivity contribution < 1.29 is 18.3 Å². The highest BCUT2D eigenvalue weighted by Gasteiger charge is 2.43. The maximum atomic E-state index is 13.6. The molecule has 0 amide bonds. The van der Waals surface area contributed by atoms with Gasteiger partial charge in [-0.1, -0.05) is 44.2 Å². The second kappa shape index (κ2) is 8.27. The number of carbonyl (C=O) groups is 1. The van der Waals surface area contributed by atoms with Crippen molar-refractivity contribution in [2.24, 2.45) is 5.92 Å². The molecule has 1 radical (unpaired) electrons. The van der Waals surface area contributed by atoms with Gasteiger partial charge in [0, 0.05) is 30.4 Å². The van der Waals surface area contributed by atoms with E-state index in [-0.39, 0.29) is 29.6 Å². The molecule has 0 spiro atoms. The molecule has 5 nitrogen and oxygen atoms in total. The molecule has 1 saturated heterocycles. The van der Waals surface area contributed by atoms with Crippen LogP contribution in [0.2, 0.25) is 0 Å². The lowest BCUT2D eigenvalue weighted by Crippen LogP contribution is -2.50. The van der Waals surface area contributed by atoms with Crippen molar-refractivity contribution in [3.8, 4) is 12.3 Å². The minimum Gasteiger partial charge on any atom is -0.388 e. The monoisotopic (exact) mass is 412 g/mol. The molecule has 0 aromatic heterocycles. The maximum Gasteiger partial charge on any atom is 0.243 e. The lowest BCUT2D eigenvalue weighted by molar-refractivity contribution is -0.117. The van der Waals surface area contributed by atoms with E-state index in [4.69, 9.17) is 6.42 Å². The van der Waals surface area contributed by atoms with Crippen molar-refractivity contribution in [3.63, 3.8) is 0 Å². The number of rotatable bonds is 5. The minimum atomic E-state index is -3.88. The van der Waals surface area contributed by atoms with Gasteiger partial charge in [0.15, 0.2) is 5.78 Å². The molecule has 1 aliphatic heterocycles. The number of terminal acetylenes is 1. The zero-order valence-electron chi connectivity index (χ0n) is 16.9. The Morgan fingerprint density at radius 1 is 1.34 bits per heavy atom. The molecular weight excluding hydrogens is 386 g/mol. The summed E-state index contributed by atoms with van der Waals surface area (Å²) in [5.74, 6) is 3.25. The molecule has 1 aromatic carbocycles. The number of aliphatic hydroxyl groups is 1. The van der Waals surface area contributed by atoms with Crippen molar-refractivity contribution in [1.29, 1.82) is 0 Å². The van der Waals surface area contributed by atoms with E-state index in [1.54, 1.807) is 31.2 Å².